The predicted molar refractivity (Wildman–Crippen MR) is 85.4 cm³/mol. The number of aromatic nitrogens is 1. The van der Waals surface area contributed by atoms with Gasteiger partial charge in [0.25, 0.3) is 0 Å². The number of rotatable bonds is 4. The van der Waals surface area contributed by atoms with Crippen molar-refractivity contribution >= 4 is 10.8 Å². The van der Waals surface area contributed by atoms with Crippen LogP contribution in [0.3, 0.4) is 0 Å². The smallest absolute Gasteiger partial charge is 0.212 e. The highest BCUT2D eigenvalue weighted by molar-refractivity contribution is 5.83. The van der Waals surface area contributed by atoms with Crippen LogP contribution in [0.4, 0.5) is 0 Å². The lowest BCUT2D eigenvalue weighted by Crippen LogP contribution is -2.13. The first-order valence-electron chi connectivity index (χ1n) is 6.99. The first-order valence-corrected chi connectivity index (χ1v) is 6.99. The van der Waals surface area contributed by atoms with E-state index in [-0.39, 0.29) is 6.04 Å². The Kier molecular flexibility index (Phi) is 3.84. The number of hydrogen-bond donors (Lipinski definition) is 1. The van der Waals surface area contributed by atoms with Crippen molar-refractivity contribution < 1.29 is 4.74 Å². The monoisotopic (exact) mass is 278 g/mol. The zero-order valence-corrected chi connectivity index (χ0v) is 12.0. The van der Waals surface area contributed by atoms with E-state index in [2.05, 4.69) is 35.3 Å². The molecule has 1 heterocycles. The summed E-state index contributed by atoms with van der Waals surface area (Å²) in [4.78, 5) is 4.22. The van der Waals surface area contributed by atoms with Gasteiger partial charge in [0.2, 0.25) is 5.88 Å². The summed E-state index contributed by atoms with van der Waals surface area (Å²) in [5.74, 6) is 0.623. The topological polar surface area (TPSA) is 48.1 Å². The molecular formula is C18H18N2O. The van der Waals surface area contributed by atoms with Crippen molar-refractivity contribution in [1.82, 2.24) is 4.98 Å². The average molecular weight is 278 g/mol. The number of hydrogen-bond acceptors (Lipinski definition) is 3. The molecule has 0 aliphatic heterocycles. The van der Waals surface area contributed by atoms with Gasteiger partial charge in [0.05, 0.1) is 7.11 Å². The number of nitrogens with two attached hydrogens (primary N) is 1. The molecule has 3 aromatic rings. The Bertz CT molecular complexity index is 738. The highest BCUT2D eigenvalue weighted by Crippen LogP contribution is 2.22. The minimum atomic E-state index is -0.0372. The highest BCUT2D eigenvalue weighted by Gasteiger charge is 2.08. The number of nitrogens with zero attached hydrogens (tertiary/aromatic N) is 1. The molecule has 0 aliphatic carbocycles. The van der Waals surface area contributed by atoms with Gasteiger partial charge in [0.1, 0.15) is 0 Å². The van der Waals surface area contributed by atoms with Crippen LogP contribution in [0.5, 0.6) is 5.88 Å². The summed E-state index contributed by atoms with van der Waals surface area (Å²) < 4.78 is 5.06. The van der Waals surface area contributed by atoms with Gasteiger partial charge in [-0.1, -0.05) is 42.5 Å². The number of fused-ring (bicyclic) bond motifs is 1. The van der Waals surface area contributed by atoms with Gasteiger partial charge in [0.15, 0.2) is 0 Å². The maximum atomic E-state index is 6.33. The maximum Gasteiger partial charge on any atom is 0.212 e. The molecule has 0 saturated carbocycles. The normalized spacial score (nSPS) is 12.3. The Morgan fingerprint density at radius 3 is 2.57 bits per heavy atom. The van der Waals surface area contributed by atoms with Crippen molar-refractivity contribution in [3.8, 4) is 5.88 Å². The first-order chi connectivity index (χ1) is 10.3. The number of pyridine rings is 1. The van der Waals surface area contributed by atoms with E-state index in [0.29, 0.717) is 5.88 Å². The van der Waals surface area contributed by atoms with Crippen LogP contribution in [-0.4, -0.2) is 12.1 Å². The third-order valence-electron chi connectivity index (χ3n) is 3.66. The van der Waals surface area contributed by atoms with E-state index in [9.17, 15) is 0 Å². The second-order valence-electron chi connectivity index (χ2n) is 5.13. The molecule has 1 atom stereocenters. The Hall–Kier alpha value is -2.39. The number of methoxy groups -OCH3 is 1. The summed E-state index contributed by atoms with van der Waals surface area (Å²) in [6.07, 6.45) is 2.58. The first kappa shape index (κ1) is 13.6. The van der Waals surface area contributed by atoms with Crippen LogP contribution in [0.15, 0.2) is 60.8 Å². The van der Waals surface area contributed by atoms with Crippen LogP contribution >= 0.6 is 0 Å². The molecule has 2 aromatic carbocycles. The molecule has 21 heavy (non-hydrogen) atoms. The fraction of sp³-hybridized carbons (Fsp3) is 0.167. The molecule has 3 nitrogen and oxygen atoms in total. The van der Waals surface area contributed by atoms with Gasteiger partial charge in [-0.25, -0.2) is 4.98 Å². The van der Waals surface area contributed by atoms with Crippen molar-refractivity contribution in [2.75, 3.05) is 7.11 Å². The van der Waals surface area contributed by atoms with Gasteiger partial charge in [-0.3, -0.25) is 0 Å². The molecule has 106 valence electrons. The molecule has 2 N–H and O–H groups in total. The standard InChI is InChI=1S/C18H18N2O/c1-21-18-9-6-13(12-20-18)10-17(19)16-8-7-14-4-2-3-5-15(14)11-16/h2-9,11-12,17H,10,19H2,1H3. The van der Waals surface area contributed by atoms with Gasteiger partial charge in [0, 0.05) is 18.3 Å². The quantitative estimate of drug-likeness (QED) is 0.794. The minimum absolute atomic E-state index is 0.0372. The third kappa shape index (κ3) is 3.03. The molecule has 1 aromatic heterocycles. The van der Waals surface area contributed by atoms with Crippen molar-refractivity contribution in [3.63, 3.8) is 0 Å². The van der Waals surface area contributed by atoms with E-state index < -0.39 is 0 Å². The van der Waals surface area contributed by atoms with Crippen molar-refractivity contribution in [2.45, 2.75) is 12.5 Å². The van der Waals surface area contributed by atoms with Crippen molar-refractivity contribution in [1.29, 1.82) is 0 Å². The van der Waals surface area contributed by atoms with Gasteiger partial charge in [-0.15, -0.1) is 0 Å². The van der Waals surface area contributed by atoms with Crippen LogP contribution in [-0.2, 0) is 6.42 Å². The minimum Gasteiger partial charge on any atom is -0.481 e. The highest BCUT2D eigenvalue weighted by atomic mass is 16.5. The van der Waals surface area contributed by atoms with Gasteiger partial charge >= 0.3 is 0 Å². The molecule has 0 radical (unpaired) electrons. The Balaban J connectivity index is 1.80. The lowest BCUT2D eigenvalue weighted by molar-refractivity contribution is 0.397. The Morgan fingerprint density at radius 1 is 1.05 bits per heavy atom. The molecule has 1 unspecified atom stereocenters. The zero-order valence-electron chi connectivity index (χ0n) is 12.0. The second kappa shape index (κ2) is 5.94. The number of ether oxygens (including phenoxy) is 1. The fourth-order valence-corrected chi connectivity index (χ4v) is 2.46. The van der Waals surface area contributed by atoms with Crippen LogP contribution in [0.1, 0.15) is 17.2 Å². The van der Waals surface area contributed by atoms with E-state index in [4.69, 9.17) is 10.5 Å². The molecule has 0 bridgehead atoms. The van der Waals surface area contributed by atoms with Gasteiger partial charge in [-0.2, -0.15) is 0 Å². The van der Waals surface area contributed by atoms with E-state index in [0.717, 1.165) is 17.5 Å². The van der Waals surface area contributed by atoms with Crippen LogP contribution in [0.25, 0.3) is 10.8 Å². The summed E-state index contributed by atoms with van der Waals surface area (Å²) in [6, 6.07) is 18.5. The second-order valence-corrected chi connectivity index (χ2v) is 5.13. The lowest BCUT2D eigenvalue weighted by atomic mass is 9.98. The van der Waals surface area contributed by atoms with Crippen molar-refractivity contribution in [2.24, 2.45) is 5.73 Å². The third-order valence-corrected chi connectivity index (χ3v) is 3.66. The van der Waals surface area contributed by atoms with Gasteiger partial charge < -0.3 is 10.5 Å². The summed E-state index contributed by atoms with van der Waals surface area (Å²) in [5.41, 5.74) is 8.58. The molecule has 0 spiro atoms. The molecule has 0 amide bonds. The predicted octanol–water partition coefficient (Wildman–Crippen LogP) is 3.49. The lowest BCUT2D eigenvalue weighted by Gasteiger charge is -2.13. The summed E-state index contributed by atoms with van der Waals surface area (Å²) in [7, 11) is 1.61. The Labute approximate surface area is 124 Å². The molecule has 0 saturated heterocycles. The Morgan fingerprint density at radius 2 is 1.86 bits per heavy atom. The van der Waals surface area contributed by atoms with Crippen LogP contribution in [0.2, 0.25) is 0 Å². The van der Waals surface area contributed by atoms with Gasteiger partial charge in [-0.05, 0) is 34.4 Å². The molecule has 0 aliphatic rings. The molecule has 3 rings (SSSR count). The molecule has 3 heteroatoms. The molecular weight excluding hydrogens is 260 g/mol. The summed E-state index contributed by atoms with van der Waals surface area (Å²) in [5, 5.41) is 2.46. The number of benzene rings is 2. The molecule has 0 fully saturated rings. The summed E-state index contributed by atoms with van der Waals surface area (Å²) >= 11 is 0. The van der Waals surface area contributed by atoms with E-state index >= 15 is 0 Å². The fourth-order valence-electron chi connectivity index (χ4n) is 2.46. The average Bonchev–Trinajstić information content (AvgIpc) is 2.55. The van der Waals surface area contributed by atoms with E-state index in [1.165, 1.54) is 10.8 Å². The van der Waals surface area contributed by atoms with E-state index in [1.54, 1.807) is 7.11 Å². The van der Waals surface area contributed by atoms with Crippen LogP contribution in [0, 0.1) is 0 Å². The van der Waals surface area contributed by atoms with Crippen molar-refractivity contribution in [3.05, 3.63) is 71.9 Å². The largest absolute Gasteiger partial charge is 0.481 e. The SMILES string of the molecule is COc1ccc(CC(N)c2ccc3ccccc3c2)cn1. The van der Waals surface area contributed by atoms with Crippen LogP contribution < -0.4 is 10.5 Å². The zero-order chi connectivity index (χ0) is 14.7. The maximum absolute atomic E-state index is 6.33. The van der Waals surface area contributed by atoms with E-state index in [1.807, 2.05) is 30.5 Å². The summed E-state index contributed by atoms with van der Waals surface area (Å²) in [6.45, 7) is 0.